The van der Waals surface area contributed by atoms with Crippen LogP contribution in [0.5, 0.6) is 5.75 Å². The van der Waals surface area contributed by atoms with Crippen LogP contribution in [0.1, 0.15) is 28.0 Å². The summed E-state index contributed by atoms with van der Waals surface area (Å²) in [5, 5.41) is 9.11. The SMILES string of the molecule is CCOC(=O)c1sc(-c2nnn(-c3cccc(OC)c3)c2C)nc1C. The van der Waals surface area contributed by atoms with Gasteiger partial charge in [-0.3, -0.25) is 0 Å². The van der Waals surface area contributed by atoms with Crippen LogP contribution >= 0.6 is 11.3 Å². The van der Waals surface area contributed by atoms with Crippen LogP contribution in [0, 0.1) is 13.8 Å². The van der Waals surface area contributed by atoms with Crippen molar-refractivity contribution in [1.82, 2.24) is 20.0 Å². The molecule has 2 heterocycles. The molecule has 0 N–H and O–H groups in total. The monoisotopic (exact) mass is 358 g/mol. The highest BCUT2D eigenvalue weighted by molar-refractivity contribution is 7.17. The second kappa shape index (κ2) is 7.02. The lowest BCUT2D eigenvalue weighted by Gasteiger charge is -2.05. The minimum absolute atomic E-state index is 0.330. The van der Waals surface area contributed by atoms with Crippen LogP contribution in [0.3, 0.4) is 0 Å². The van der Waals surface area contributed by atoms with E-state index in [4.69, 9.17) is 9.47 Å². The highest BCUT2D eigenvalue weighted by atomic mass is 32.1. The largest absolute Gasteiger partial charge is 0.497 e. The molecule has 2 aromatic heterocycles. The van der Waals surface area contributed by atoms with Crippen molar-refractivity contribution in [3.8, 4) is 22.1 Å². The van der Waals surface area contributed by atoms with Crippen molar-refractivity contribution in [3.63, 3.8) is 0 Å². The topological polar surface area (TPSA) is 79.1 Å². The van der Waals surface area contributed by atoms with Crippen LogP contribution in [0.25, 0.3) is 16.4 Å². The predicted octanol–water partition coefficient (Wildman–Crippen LogP) is 3.19. The fourth-order valence-corrected chi connectivity index (χ4v) is 3.39. The molecular formula is C17H18N4O3S. The van der Waals surface area contributed by atoms with Crippen molar-refractivity contribution >= 4 is 17.3 Å². The fraction of sp³-hybridized carbons (Fsp3) is 0.294. The Morgan fingerprint density at radius 2 is 2.12 bits per heavy atom. The fourth-order valence-electron chi connectivity index (χ4n) is 2.40. The molecule has 0 amide bonds. The average molecular weight is 358 g/mol. The highest BCUT2D eigenvalue weighted by Gasteiger charge is 2.21. The van der Waals surface area contributed by atoms with Crippen LogP contribution in [0.4, 0.5) is 0 Å². The molecule has 0 aliphatic rings. The number of benzene rings is 1. The van der Waals surface area contributed by atoms with Gasteiger partial charge in [0.15, 0.2) is 0 Å². The molecule has 7 nitrogen and oxygen atoms in total. The highest BCUT2D eigenvalue weighted by Crippen LogP contribution is 2.30. The second-order valence-corrected chi connectivity index (χ2v) is 6.29. The van der Waals surface area contributed by atoms with E-state index in [9.17, 15) is 4.79 Å². The average Bonchev–Trinajstić information content (AvgIpc) is 3.18. The van der Waals surface area contributed by atoms with E-state index in [1.54, 1.807) is 25.6 Å². The van der Waals surface area contributed by atoms with Gasteiger partial charge in [0.2, 0.25) is 0 Å². The zero-order valence-electron chi connectivity index (χ0n) is 14.4. The van der Waals surface area contributed by atoms with Crippen molar-refractivity contribution in [2.45, 2.75) is 20.8 Å². The van der Waals surface area contributed by atoms with E-state index < -0.39 is 0 Å². The number of aryl methyl sites for hydroxylation is 1. The van der Waals surface area contributed by atoms with Gasteiger partial charge in [-0.2, -0.15) is 0 Å². The maximum Gasteiger partial charge on any atom is 0.350 e. The van der Waals surface area contributed by atoms with Crippen molar-refractivity contribution in [3.05, 3.63) is 40.5 Å². The van der Waals surface area contributed by atoms with Crippen LogP contribution in [0.2, 0.25) is 0 Å². The van der Waals surface area contributed by atoms with Gasteiger partial charge in [-0.15, -0.1) is 16.4 Å². The number of methoxy groups -OCH3 is 1. The summed E-state index contributed by atoms with van der Waals surface area (Å²) in [4.78, 5) is 16.9. The van der Waals surface area contributed by atoms with Gasteiger partial charge in [0.05, 0.1) is 30.8 Å². The van der Waals surface area contributed by atoms with Gasteiger partial charge in [-0.05, 0) is 32.9 Å². The van der Waals surface area contributed by atoms with E-state index in [2.05, 4.69) is 15.3 Å². The molecule has 3 aromatic rings. The Kier molecular flexibility index (Phi) is 4.80. The molecule has 0 unspecified atom stereocenters. The molecule has 0 spiro atoms. The third-order valence-electron chi connectivity index (χ3n) is 3.65. The van der Waals surface area contributed by atoms with Crippen LogP contribution in [0.15, 0.2) is 24.3 Å². The Bertz CT molecular complexity index is 917. The lowest BCUT2D eigenvalue weighted by Crippen LogP contribution is -2.03. The van der Waals surface area contributed by atoms with Crippen LogP contribution in [-0.2, 0) is 4.74 Å². The van der Waals surface area contributed by atoms with E-state index in [-0.39, 0.29) is 5.97 Å². The number of esters is 1. The van der Waals surface area contributed by atoms with Gasteiger partial charge in [0.25, 0.3) is 0 Å². The molecule has 0 saturated heterocycles. The molecule has 0 saturated carbocycles. The number of carbonyl (C=O) groups is 1. The molecule has 3 rings (SSSR count). The summed E-state index contributed by atoms with van der Waals surface area (Å²) in [6.45, 7) is 5.80. The molecule has 1 aromatic carbocycles. The number of thiazole rings is 1. The maximum atomic E-state index is 12.0. The van der Waals surface area contributed by atoms with E-state index in [1.165, 1.54) is 11.3 Å². The van der Waals surface area contributed by atoms with E-state index in [0.29, 0.717) is 27.9 Å². The summed E-state index contributed by atoms with van der Waals surface area (Å²) >= 11 is 1.26. The first-order chi connectivity index (χ1) is 12.0. The third-order valence-corrected chi connectivity index (χ3v) is 4.80. The van der Waals surface area contributed by atoms with Crippen molar-refractivity contribution in [2.24, 2.45) is 0 Å². The zero-order chi connectivity index (χ0) is 18.0. The number of hydrogen-bond acceptors (Lipinski definition) is 7. The number of hydrogen-bond donors (Lipinski definition) is 0. The minimum atomic E-state index is -0.360. The standard InChI is InChI=1S/C17H18N4O3S/c1-5-24-17(22)15-10(2)18-16(25-15)14-11(3)21(20-19-14)12-7-6-8-13(9-12)23-4/h6-9H,5H2,1-4H3. The summed E-state index contributed by atoms with van der Waals surface area (Å²) in [7, 11) is 1.62. The van der Waals surface area contributed by atoms with E-state index >= 15 is 0 Å². The second-order valence-electron chi connectivity index (χ2n) is 5.29. The lowest BCUT2D eigenvalue weighted by molar-refractivity contribution is 0.0531. The molecule has 8 heteroatoms. The summed E-state index contributed by atoms with van der Waals surface area (Å²) in [6, 6.07) is 7.56. The zero-order valence-corrected chi connectivity index (χ0v) is 15.3. The number of ether oxygens (including phenoxy) is 2. The van der Waals surface area contributed by atoms with Gasteiger partial charge in [-0.25, -0.2) is 14.5 Å². The smallest absolute Gasteiger partial charge is 0.350 e. The molecule has 130 valence electrons. The molecule has 0 aliphatic heterocycles. The van der Waals surface area contributed by atoms with Crippen LogP contribution < -0.4 is 4.74 Å². The Hall–Kier alpha value is -2.74. The molecule has 0 bridgehead atoms. The lowest BCUT2D eigenvalue weighted by atomic mass is 10.3. The molecule has 0 atom stereocenters. The normalized spacial score (nSPS) is 10.7. The molecule has 25 heavy (non-hydrogen) atoms. The molecular weight excluding hydrogens is 340 g/mol. The Labute approximate surface area is 149 Å². The van der Waals surface area contributed by atoms with E-state index in [1.807, 2.05) is 31.2 Å². The Balaban J connectivity index is 1.99. The first kappa shape index (κ1) is 17.1. The van der Waals surface area contributed by atoms with E-state index in [0.717, 1.165) is 17.1 Å². The summed E-state index contributed by atoms with van der Waals surface area (Å²) in [5.41, 5.74) is 2.95. The van der Waals surface area contributed by atoms with Crippen molar-refractivity contribution < 1.29 is 14.3 Å². The van der Waals surface area contributed by atoms with Gasteiger partial charge in [-0.1, -0.05) is 11.3 Å². The quantitative estimate of drug-likeness (QED) is 0.652. The first-order valence-corrected chi connectivity index (χ1v) is 8.58. The number of aromatic nitrogens is 4. The van der Waals surface area contributed by atoms with Gasteiger partial charge < -0.3 is 9.47 Å². The summed E-state index contributed by atoms with van der Waals surface area (Å²) in [6.07, 6.45) is 0. The summed E-state index contributed by atoms with van der Waals surface area (Å²) in [5.74, 6) is 0.380. The maximum absolute atomic E-state index is 12.0. The van der Waals surface area contributed by atoms with Gasteiger partial charge >= 0.3 is 5.97 Å². The molecule has 0 fully saturated rings. The molecule has 0 aliphatic carbocycles. The van der Waals surface area contributed by atoms with Crippen LogP contribution in [-0.4, -0.2) is 39.7 Å². The number of rotatable bonds is 5. The van der Waals surface area contributed by atoms with Crippen molar-refractivity contribution in [1.29, 1.82) is 0 Å². The minimum Gasteiger partial charge on any atom is -0.497 e. The Morgan fingerprint density at radius 1 is 1.32 bits per heavy atom. The van der Waals surface area contributed by atoms with Gasteiger partial charge in [0, 0.05) is 6.07 Å². The van der Waals surface area contributed by atoms with Gasteiger partial charge in [0.1, 0.15) is 21.3 Å². The first-order valence-electron chi connectivity index (χ1n) is 7.76. The summed E-state index contributed by atoms with van der Waals surface area (Å²) < 4.78 is 12.0. The van der Waals surface area contributed by atoms with Crippen molar-refractivity contribution in [2.75, 3.05) is 13.7 Å². The molecule has 0 radical (unpaired) electrons. The third kappa shape index (κ3) is 3.25. The number of carbonyl (C=O) groups excluding carboxylic acids is 1. The number of nitrogens with zero attached hydrogens (tertiary/aromatic N) is 4. The Morgan fingerprint density at radius 3 is 2.84 bits per heavy atom. The predicted molar refractivity (Wildman–Crippen MR) is 94.4 cm³/mol.